The zero-order valence-electron chi connectivity index (χ0n) is 12.9. The molecule has 1 aromatic carbocycles. The number of hydrogen-bond donors (Lipinski definition) is 1. The molecule has 1 aliphatic heterocycles. The summed E-state index contributed by atoms with van der Waals surface area (Å²) in [6.07, 6.45) is 0. The van der Waals surface area contributed by atoms with Gasteiger partial charge < -0.3 is 5.11 Å². The topological polar surface area (TPSA) is 26.7 Å². The summed E-state index contributed by atoms with van der Waals surface area (Å²) in [5.74, 6) is 0.437. The zero-order valence-corrected chi connectivity index (χ0v) is 14.5. The first-order chi connectivity index (χ1) is 9.27. The highest BCUT2D eigenvalue weighted by Crippen LogP contribution is 2.28. The number of phenols is 1. The minimum Gasteiger partial charge on any atom is -0.507 e. The molecule has 4 heteroatoms. The van der Waals surface area contributed by atoms with Gasteiger partial charge in [-0.3, -0.25) is 9.80 Å². The Kier molecular flexibility index (Phi) is 4.77. The van der Waals surface area contributed by atoms with Crippen LogP contribution in [0.15, 0.2) is 16.6 Å². The van der Waals surface area contributed by atoms with Crippen LogP contribution in [0.2, 0.25) is 0 Å². The van der Waals surface area contributed by atoms with Gasteiger partial charge in [0, 0.05) is 48.3 Å². The molecule has 1 aliphatic rings. The fraction of sp³-hybridized carbons (Fsp3) is 0.625. The molecule has 1 heterocycles. The average molecular weight is 341 g/mol. The van der Waals surface area contributed by atoms with Crippen molar-refractivity contribution in [2.45, 2.75) is 39.8 Å². The molecule has 20 heavy (non-hydrogen) atoms. The number of rotatable bonds is 2. The van der Waals surface area contributed by atoms with Crippen molar-refractivity contribution in [2.75, 3.05) is 26.2 Å². The van der Waals surface area contributed by atoms with E-state index < -0.39 is 0 Å². The highest BCUT2D eigenvalue weighted by atomic mass is 79.9. The predicted octanol–water partition coefficient (Wildman–Crippen LogP) is 3.38. The van der Waals surface area contributed by atoms with E-state index in [0.717, 1.165) is 48.3 Å². The van der Waals surface area contributed by atoms with Crippen LogP contribution in [-0.4, -0.2) is 46.6 Å². The van der Waals surface area contributed by atoms with Crippen LogP contribution in [0.25, 0.3) is 0 Å². The van der Waals surface area contributed by atoms with Gasteiger partial charge in [0.15, 0.2) is 0 Å². The lowest BCUT2D eigenvalue weighted by Gasteiger charge is -2.42. The molecule has 0 aromatic heterocycles. The van der Waals surface area contributed by atoms with Gasteiger partial charge in [-0.15, -0.1) is 0 Å². The molecular weight excluding hydrogens is 316 g/mol. The Hall–Kier alpha value is -0.580. The lowest BCUT2D eigenvalue weighted by atomic mass is 10.0. The summed E-state index contributed by atoms with van der Waals surface area (Å²) < 4.78 is 1.04. The maximum atomic E-state index is 10.2. The SMILES string of the molecule is Cc1cc(Br)cc(CN2CCN(C(C)(C)C)CC2)c1O. The lowest BCUT2D eigenvalue weighted by Crippen LogP contribution is -2.53. The fourth-order valence-corrected chi connectivity index (χ4v) is 3.36. The van der Waals surface area contributed by atoms with E-state index in [-0.39, 0.29) is 5.54 Å². The van der Waals surface area contributed by atoms with Gasteiger partial charge in [0.25, 0.3) is 0 Å². The van der Waals surface area contributed by atoms with Gasteiger partial charge >= 0.3 is 0 Å². The molecule has 0 unspecified atom stereocenters. The largest absolute Gasteiger partial charge is 0.507 e. The van der Waals surface area contributed by atoms with Gasteiger partial charge in [-0.1, -0.05) is 15.9 Å². The first-order valence-corrected chi connectivity index (χ1v) is 8.02. The quantitative estimate of drug-likeness (QED) is 0.893. The van der Waals surface area contributed by atoms with Crippen molar-refractivity contribution in [3.8, 4) is 5.75 Å². The van der Waals surface area contributed by atoms with Crippen molar-refractivity contribution in [3.05, 3.63) is 27.7 Å². The molecule has 112 valence electrons. The molecule has 0 radical (unpaired) electrons. The lowest BCUT2D eigenvalue weighted by molar-refractivity contribution is 0.0587. The van der Waals surface area contributed by atoms with Crippen LogP contribution < -0.4 is 0 Å². The first kappa shape index (κ1) is 15.8. The van der Waals surface area contributed by atoms with E-state index in [4.69, 9.17) is 0 Å². The smallest absolute Gasteiger partial charge is 0.123 e. The second-order valence-electron chi connectivity index (χ2n) is 6.66. The Bertz CT molecular complexity index is 474. The molecule has 3 nitrogen and oxygen atoms in total. The van der Waals surface area contributed by atoms with Crippen LogP contribution in [-0.2, 0) is 6.54 Å². The number of benzene rings is 1. The summed E-state index contributed by atoms with van der Waals surface area (Å²) in [5.41, 5.74) is 2.20. The summed E-state index contributed by atoms with van der Waals surface area (Å²) in [5, 5.41) is 10.2. The molecule has 1 N–H and O–H groups in total. The third-order valence-corrected chi connectivity index (χ3v) is 4.52. The number of aromatic hydroxyl groups is 1. The molecule has 1 fully saturated rings. The Balaban J connectivity index is 2.00. The predicted molar refractivity (Wildman–Crippen MR) is 87.1 cm³/mol. The van der Waals surface area contributed by atoms with Crippen molar-refractivity contribution < 1.29 is 5.11 Å². The second kappa shape index (κ2) is 6.04. The van der Waals surface area contributed by atoms with E-state index in [0.29, 0.717) is 5.75 Å². The summed E-state index contributed by atoms with van der Waals surface area (Å²) in [4.78, 5) is 4.94. The summed E-state index contributed by atoms with van der Waals surface area (Å²) in [6, 6.07) is 3.98. The fourth-order valence-electron chi connectivity index (χ4n) is 2.74. The Morgan fingerprint density at radius 1 is 1.15 bits per heavy atom. The molecule has 0 saturated carbocycles. The number of phenolic OH excluding ortho intramolecular Hbond substituents is 1. The maximum Gasteiger partial charge on any atom is 0.123 e. The number of piperazine rings is 1. The Morgan fingerprint density at radius 3 is 2.30 bits per heavy atom. The highest BCUT2D eigenvalue weighted by molar-refractivity contribution is 9.10. The van der Waals surface area contributed by atoms with Crippen LogP contribution in [0.3, 0.4) is 0 Å². The first-order valence-electron chi connectivity index (χ1n) is 7.23. The Labute approximate surface area is 130 Å². The molecule has 1 saturated heterocycles. The molecule has 0 spiro atoms. The van der Waals surface area contributed by atoms with Gasteiger partial charge in [-0.25, -0.2) is 0 Å². The summed E-state index contributed by atoms with van der Waals surface area (Å²) in [6.45, 7) is 13.9. The summed E-state index contributed by atoms with van der Waals surface area (Å²) in [7, 11) is 0. The summed E-state index contributed by atoms with van der Waals surface area (Å²) >= 11 is 3.51. The average Bonchev–Trinajstić information content (AvgIpc) is 2.35. The Morgan fingerprint density at radius 2 is 1.75 bits per heavy atom. The van der Waals surface area contributed by atoms with E-state index >= 15 is 0 Å². The molecule has 0 amide bonds. The molecular formula is C16H25BrN2O. The van der Waals surface area contributed by atoms with Crippen molar-refractivity contribution in [2.24, 2.45) is 0 Å². The molecule has 0 aliphatic carbocycles. The molecule has 0 bridgehead atoms. The van der Waals surface area contributed by atoms with Crippen LogP contribution >= 0.6 is 15.9 Å². The van der Waals surface area contributed by atoms with Gasteiger partial charge in [0.1, 0.15) is 5.75 Å². The number of nitrogens with zero attached hydrogens (tertiary/aromatic N) is 2. The van der Waals surface area contributed by atoms with Gasteiger partial charge in [-0.2, -0.15) is 0 Å². The minimum absolute atomic E-state index is 0.251. The van der Waals surface area contributed by atoms with Crippen molar-refractivity contribution >= 4 is 15.9 Å². The van der Waals surface area contributed by atoms with Crippen LogP contribution in [0.1, 0.15) is 31.9 Å². The van der Waals surface area contributed by atoms with Crippen LogP contribution in [0, 0.1) is 6.92 Å². The number of hydrogen-bond acceptors (Lipinski definition) is 3. The van der Waals surface area contributed by atoms with Crippen LogP contribution in [0.4, 0.5) is 0 Å². The third kappa shape index (κ3) is 3.74. The molecule has 0 atom stereocenters. The van der Waals surface area contributed by atoms with E-state index in [1.54, 1.807) is 0 Å². The molecule has 1 aromatic rings. The van der Waals surface area contributed by atoms with Gasteiger partial charge in [0.05, 0.1) is 0 Å². The van der Waals surface area contributed by atoms with E-state index in [9.17, 15) is 5.11 Å². The molecule has 2 rings (SSSR count). The second-order valence-corrected chi connectivity index (χ2v) is 7.58. The minimum atomic E-state index is 0.251. The highest BCUT2D eigenvalue weighted by Gasteiger charge is 2.26. The van der Waals surface area contributed by atoms with E-state index in [2.05, 4.69) is 46.5 Å². The van der Waals surface area contributed by atoms with Gasteiger partial charge in [-0.05, 0) is 45.4 Å². The van der Waals surface area contributed by atoms with Crippen molar-refractivity contribution in [1.29, 1.82) is 0 Å². The third-order valence-electron chi connectivity index (χ3n) is 4.06. The van der Waals surface area contributed by atoms with Crippen molar-refractivity contribution in [3.63, 3.8) is 0 Å². The standard InChI is InChI=1S/C16H25BrN2O/c1-12-9-14(17)10-13(15(12)20)11-18-5-7-19(8-6-18)16(2,3)4/h9-10,20H,5-8,11H2,1-4H3. The van der Waals surface area contributed by atoms with Crippen LogP contribution in [0.5, 0.6) is 5.75 Å². The normalized spacial score (nSPS) is 18.4. The number of halogens is 1. The van der Waals surface area contributed by atoms with E-state index in [1.165, 1.54) is 0 Å². The number of aryl methyl sites for hydroxylation is 1. The van der Waals surface area contributed by atoms with E-state index in [1.807, 2.05) is 19.1 Å². The maximum absolute atomic E-state index is 10.2. The zero-order chi connectivity index (χ0) is 14.9. The monoisotopic (exact) mass is 340 g/mol. The van der Waals surface area contributed by atoms with Crippen molar-refractivity contribution in [1.82, 2.24) is 9.80 Å². The van der Waals surface area contributed by atoms with Gasteiger partial charge in [0.2, 0.25) is 0 Å².